The molecule has 1 aliphatic heterocycles. The first-order valence-electron chi connectivity index (χ1n) is 7.38. The van der Waals surface area contributed by atoms with Gasteiger partial charge in [0.05, 0.1) is 0 Å². The number of nitrogens with one attached hydrogen (secondary N) is 2. The van der Waals surface area contributed by atoms with Crippen LogP contribution >= 0.6 is 24.8 Å². The van der Waals surface area contributed by atoms with Crippen LogP contribution in [-0.4, -0.2) is 57.7 Å². The minimum absolute atomic E-state index is 0. The normalized spacial score (nSPS) is 15.7. The molecule has 1 fully saturated rings. The average molecular weight is 397 g/mol. The summed E-state index contributed by atoms with van der Waals surface area (Å²) in [5.41, 5.74) is 1.05. The Morgan fingerprint density at radius 2 is 1.92 bits per heavy atom. The van der Waals surface area contributed by atoms with Gasteiger partial charge >= 0.3 is 0 Å². The van der Waals surface area contributed by atoms with Gasteiger partial charge in [0.1, 0.15) is 11.4 Å². The van der Waals surface area contributed by atoms with Crippen LogP contribution in [0.15, 0.2) is 28.8 Å². The van der Waals surface area contributed by atoms with Crippen molar-refractivity contribution in [3.63, 3.8) is 0 Å². The number of piperazine rings is 1. The van der Waals surface area contributed by atoms with E-state index in [1.807, 2.05) is 18.2 Å². The highest BCUT2D eigenvalue weighted by molar-refractivity contribution is 7.88. The van der Waals surface area contributed by atoms with Gasteiger partial charge in [-0.05, 0) is 12.1 Å². The molecular weight excluding hydrogens is 375 g/mol. The summed E-state index contributed by atoms with van der Waals surface area (Å²) in [6.45, 7) is 4.96. The Morgan fingerprint density at radius 3 is 2.67 bits per heavy atom. The van der Waals surface area contributed by atoms with Crippen LogP contribution < -0.4 is 10.0 Å². The fraction of sp³-hybridized carbons (Fsp3) is 0.500. The van der Waals surface area contributed by atoms with E-state index in [1.165, 1.54) is 0 Å². The zero-order valence-electron chi connectivity index (χ0n) is 13.1. The van der Waals surface area contributed by atoms with Crippen LogP contribution in [0.3, 0.4) is 0 Å². The number of rotatable bonds is 6. The molecule has 1 aliphatic rings. The number of hydrogen-bond donors (Lipinski definition) is 2. The molecule has 0 aliphatic carbocycles. The molecule has 0 spiro atoms. The molecule has 136 valence electrons. The zero-order valence-corrected chi connectivity index (χ0v) is 15.6. The lowest BCUT2D eigenvalue weighted by molar-refractivity contribution is 0.245. The van der Waals surface area contributed by atoms with Crippen LogP contribution in [0.25, 0.3) is 11.0 Å². The molecule has 2 aromatic rings. The topological polar surface area (TPSA) is 87.5 Å². The zero-order chi connectivity index (χ0) is 15.4. The van der Waals surface area contributed by atoms with Gasteiger partial charge in [0.25, 0.3) is 0 Å². The fourth-order valence-electron chi connectivity index (χ4n) is 2.57. The van der Waals surface area contributed by atoms with E-state index in [1.54, 1.807) is 6.07 Å². The third kappa shape index (κ3) is 5.58. The first-order chi connectivity index (χ1) is 10.6. The quantitative estimate of drug-likeness (QED) is 0.756. The van der Waals surface area contributed by atoms with E-state index in [0.29, 0.717) is 17.8 Å². The molecule has 7 nitrogen and oxygen atoms in total. The summed E-state index contributed by atoms with van der Waals surface area (Å²) in [6, 6.07) is 7.26. The minimum Gasteiger partial charge on any atom is -0.356 e. The lowest BCUT2D eigenvalue weighted by Crippen LogP contribution is -2.46. The van der Waals surface area contributed by atoms with Crippen molar-refractivity contribution in [2.24, 2.45) is 0 Å². The first-order valence-corrected chi connectivity index (χ1v) is 9.03. The second-order valence-corrected chi connectivity index (χ2v) is 7.18. The lowest BCUT2D eigenvalue weighted by Gasteiger charge is -2.26. The van der Waals surface area contributed by atoms with Gasteiger partial charge < -0.3 is 9.84 Å². The Kier molecular flexibility index (Phi) is 8.41. The van der Waals surface area contributed by atoms with Crippen molar-refractivity contribution in [2.45, 2.75) is 5.75 Å². The van der Waals surface area contributed by atoms with Gasteiger partial charge in [-0.2, -0.15) is 0 Å². The Morgan fingerprint density at radius 1 is 1.21 bits per heavy atom. The monoisotopic (exact) mass is 396 g/mol. The highest BCUT2D eigenvalue weighted by Gasteiger charge is 2.17. The summed E-state index contributed by atoms with van der Waals surface area (Å²) in [7, 11) is -3.41. The number of fused-ring (bicyclic) bond motifs is 1. The molecule has 1 aromatic heterocycles. The second-order valence-electron chi connectivity index (χ2n) is 5.37. The highest BCUT2D eigenvalue weighted by atomic mass is 35.5. The Balaban J connectivity index is 0.00000144. The van der Waals surface area contributed by atoms with E-state index < -0.39 is 10.0 Å². The van der Waals surface area contributed by atoms with Crippen LogP contribution in [-0.2, 0) is 15.8 Å². The predicted molar refractivity (Wildman–Crippen MR) is 98.4 cm³/mol. The van der Waals surface area contributed by atoms with Gasteiger partial charge in [-0.25, -0.2) is 13.1 Å². The van der Waals surface area contributed by atoms with Gasteiger partial charge in [0.2, 0.25) is 10.0 Å². The van der Waals surface area contributed by atoms with Gasteiger partial charge in [-0.3, -0.25) is 4.90 Å². The molecule has 0 bridgehead atoms. The smallest absolute Gasteiger partial charge is 0.217 e. The van der Waals surface area contributed by atoms with E-state index in [0.717, 1.165) is 38.1 Å². The molecule has 0 saturated carbocycles. The van der Waals surface area contributed by atoms with Crippen molar-refractivity contribution in [3.05, 3.63) is 30.0 Å². The van der Waals surface area contributed by atoms with Crippen molar-refractivity contribution >= 4 is 45.8 Å². The second kappa shape index (κ2) is 9.55. The maximum Gasteiger partial charge on any atom is 0.217 e. The number of aromatic nitrogens is 1. The molecule has 1 saturated heterocycles. The van der Waals surface area contributed by atoms with Crippen LogP contribution in [0.4, 0.5) is 0 Å². The van der Waals surface area contributed by atoms with Crippen molar-refractivity contribution in [1.82, 2.24) is 20.1 Å². The van der Waals surface area contributed by atoms with E-state index in [2.05, 4.69) is 20.1 Å². The fourth-order valence-corrected chi connectivity index (χ4v) is 3.64. The van der Waals surface area contributed by atoms with Crippen LogP contribution in [0, 0.1) is 0 Å². The molecule has 0 radical (unpaired) electrons. The molecule has 0 unspecified atom stereocenters. The van der Waals surface area contributed by atoms with Gasteiger partial charge in [-0.15, -0.1) is 24.8 Å². The van der Waals surface area contributed by atoms with Crippen molar-refractivity contribution in [2.75, 3.05) is 39.3 Å². The average Bonchev–Trinajstić information content (AvgIpc) is 2.91. The summed E-state index contributed by atoms with van der Waals surface area (Å²) in [4.78, 5) is 2.24. The van der Waals surface area contributed by atoms with E-state index in [9.17, 15) is 8.42 Å². The van der Waals surface area contributed by atoms with Crippen molar-refractivity contribution < 1.29 is 12.9 Å². The standard InChI is InChI=1S/C14H20N4O3S.2ClH/c19-22(20,16-7-10-18-8-5-15-6-9-18)11-13-12-3-1-2-4-14(12)21-17-13;;/h1-4,15-16H,5-11H2;2*1H. The van der Waals surface area contributed by atoms with Crippen molar-refractivity contribution in [1.29, 1.82) is 0 Å². The summed E-state index contributed by atoms with van der Waals surface area (Å²) in [5, 5.41) is 7.88. The molecule has 2 heterocycles. The van der Waals surface area contributed by atoms with E-state index in [-0.39, 0.29) is 30.6 Å². The van der Waals surface area contributed by atoms with Crippen LogP contribution in [0.5, 0.6) is 0 Å². The minimum atomic E-state index is -3.41. The summed E-state index contributed by atoms with van der Waals surface area (Å²) in [6.07, 6.45) is 0. The van der Waals surface area contributed by atoms with Gasteiger partial charge in [0, 0.05) is 44.7 Å². The first kappa shape index (κ1) is 21.1. The van der Waals surface area contributed by atoms with Crippen LogP contribution in [0.1, 0.15) is 5.69 Å². The van der Waals surface area contributed by atoms with Gasteiger partial charge in [0.15, 0.2) is 5.58 Å². The number of para-hydroxylation sites is 1. The van der Waals surface area contributed by atoms with E-state index in [4.69, 9.17) is 4.52 Å². The molecule has 3 rings (SSSR count). The predicted octanol–water partition coefficient (Wildman–Crippen LogP) is 0.996. The third-order valence-corrected chi connectivity index (χ3v) is 5.04. The number of sulfonamides is 1. The number of hydrogen-bond acceptors (Lipinski definition) is 6. The number of benzene rings is 1. The molecular formula is C14H22Cl2N4O3S. The Labute approximate surface area is 154 Å². The largest absolute Gasteiger partial charge is 0.356 e. The molecule has 2 N–H and O–H groups in total. The maximum absolute atomic E-state index is 12.2. The Hall–Kier alpha value is -0.900. The van der Waals surface area contributed by atoms with E-state index >= 15 is 0 Å². The highest BCUT2D eigenvalue weighted by Crippen LogP contribution is 2.19. The number of nitrogens with zero attached hydrogens (tertiary/aromatic N) is 2. The molecule has 24 heavy (non-hydrogen) atoms. The van der Waals surface area contributed by atoms with Gasteiger partial charge in [-0.1, -0.05) is 17.3 Å². The summed E-state index contributed by atoms with van der Waals surface area (Å²) < 4.78 is 32.1. The lowest BCUT2D eigenvalue weighted by atomic mass is 10.2. The molecule has 1 aromatic carbocycles. The number of halogens is 2. The Bertz CT molecular complexity index is 732. The summed E-state index contributed by atoms with van der Waals surface area (Å²) >= 11 is 0. The molecule has 0 amide bonds. The van der Waals surface area contributed by atoms with Crippen molar-refractivity contribution in [3.8, 4) is 0 Å². The SMILES string of the molecule is Cl.Cl.O=S(=O)(Cc1noc2ccccc12)NCCN1CCNCC1. The molecule has 0 atom stereocenters. The third-order valence-electron chi connectivity index (χ3n) is 3.74. The summed E-state index contributed by atoms with van der Waals surface area (Å²) in [5.74, 6) is -0.161. The molecule has 10 heteroatoms. The maximum atomic E-state index is 12.2. The van der Waals surface area contributed by atoms with Crippen LogP contribution in [0.2, 0.25) is 0 Å².